The van der Waals surface area contributed by atoms with E-state index in [9.17, 15) is 9.65 Å². The predicted molar refractivity (Wildman–Crippen MR) is 90.8 cm³/mol. The number of anilines is 1. The van der Waals surface area contributed by atoms with Gasteiger partial charge < -0.3 is 5.73 Å². The van der Waals surface area contributed by atoms with Crippen LogP contribution in [-0.2, 0) is 13.0 Å². The monoisotopic (exact) mass is 320 g/mol. The molecular weight excluding hydrogens is 303 g/mol. The Morgan fingerprint density at radius 3 is 2.54 bits per heavy atom. The van der Waals surface area contributed by atoms with Crippen LogP contribution >= 0.6 is 0 Å². The molecule has 0 saturated carbocycles. The molecule has 0 bridgehead atoms. The molecule has 4 nitrogen and oxygen atoms in total. The normalized spacial score (nSPS) is 10.5. The van der Waals surface area contributed by atoms with Gasteiger partial charge in [-0.15, -0.1) is 0 Å². The Bertz CT molecular complexity index is 904. The van der Waals surface area contributed by atoms with Crippen LogP contribution in [0.25, 0.3) is 0 Å². The van der Waals surface area contributed by atoms with Crippen LogP contribution in [0.2, 0.25) is 0 Å². The van der Waals surface area contributed by atoms with Crippen LogP contribution in [0.5, 0.6) is 0 Å². The van der Waals surface area contributed by atoms with E-state index in [1.807, 2.05) is 31.2 Å². The maximum absolute atomic E-state index is 13.8. The Hall–Kier alpha value is -3.13. The number of hydrogen-bond donors (Lipinski definition) is 1. The van der Waals surface area contributed by atoms with Crippen LogP contribution in [0.1, 0.15) is 27.9 Å². The third-order valence-electron chi connectivity index (χ3n) is 3.95. The first-order valence-electron chi connectivity index (χ1n) is 7.62. The zero-order chi connectivity index (χ0) is 17.1. The number of hydrogen-bond acceptors (Lipinski definition) is 3. The maximum Gasteiger partial charge on any atom is 0.140 e. The molecule has 0 unspecified atom stereocenters. The fraction of sp³-hybridized carbons (Fsp3) is 0.158. The van der Waals surface area contributed by atoms with E-state index in [1.165, 1.54) is 16.3 Å². The minimum Gasteiger partial charge on any atom is -0.383 e. The molecule has 0 saturated heterocycles. The molecule has 0 aliphatic carbocycles. The molecular formula is C19H17FN4. The second kappa shape index (κ2) is 6.55. The lowest BCUT2D eigenvalue weighted by Crippen LogP contribution is -2.07. The number of nitrogens with two attached hydrogens (primary N) is 1. The third-order valence-corrected chi connectivity index (χ3v) is 3.95. The fourth-order valence-electron chi connectivity index (χ4n) is 2.58. The Morgan fingerprint density at radius 1 is 1.17 bits per heavy atom. The zero-order valence-corrected chi connectivity index (χ0v) is 13.3. The summed E-state index contributed by atoms with van der Waals surface area (Å²) < 4.78 is 15.3. The van der Waals surface area contributed by atoms with Crippen molar-refractivity contribution in [3.63, 3.8) is 0 Å². The van der Waals surface area contributed by atoms with Crippen molar-refractivity contribution in [3.8, 4) is 6.07 Å². The lowest BCUT2D eigenvalue weighted by molar-refractivity contribution is 0.586. The molecule has 0 radical (unpaired) electrons. The summed E-state index contributed by atoms with van der Waals surface area (Å²) in [5.74, 6) is -0.0474. The highest BCUT2D eigenvalue weighted by atomic mass is 19.1. The predicted octanol–water partition coefficient (Wildman–Crippen LogP) is 3.42. The molecule has 0 amide bonds. The summed E-state index contributed by atoms with van der Waals surface area (Å²) in [5.41, 5.74) is 9.71. The number of halogens is 1. The third kappa shape index (κ3) is 3.13. The molecule has 0 aliphatic heterocycles. The number of aryl methyl sites for hydroxylation is 1. The molecule has 0 atom stereocenters. The van der Waals surface area contributed by atoms with Gasteiger partial charge in [0.1, 0.15) is 23.3 Å². The Balaban J connectivity index is 1.92. The molecule has 24 heavy (non-hydrogen) atoms. The van der Waals surface area contributed by atoms with Gasteiger partial charge in [-0.25, -0.2) is 9.07 Å². The molecule has 3 aromatic rings. The number of nitrogens with zero attached hydrogens (tertiary/aromatic N) is 3. The van der Waals surface area contributed by atoms with Gasteiger partial charge in [0.15, 0.2) is 0 Å². The molecule has 0 aliphatic rings. The first kappa shape index (κ1) is 15.8. The molecule has 120 valence electrons. The van der Waals surface area contributed by atoms with Gasteiger partial charge >= 0.3 is 0 Å². The Labute approximate surface area is 140 Å². The van der Waals surface area contributed by atoms with Crippen LogP contribution in [0, 0.1) is 24.1 Å². The minimum absolute atomic E-state index is 0.196. The van der Waals surface area contributed by atoms with E-state index in [0.717, 1.165) is 5.56 Å². The van der Waals surface area contributed by atoms with E-state index >= 15 is 0 Å². The summed E-state index contributed by atoms with van der Waals surface area (Å²) in [6.07, 6.45) is 0.512. The first-order valence-corrected chi connectivity index (χ1v) is 7.62. The summed E-state index contributed by atoms with van der Waals surface area (Å²) in [6, 6.07) is 16.6. The molecule has 2 N–H and O–H groups in total. The van der Waals surface area contributed by atoms with Gasteiger partial charge in [0.25, 0.3) is 0 Å². The van der Waals surface area contributed by atoms with Crippen molar-refractivity contribution in [1.82, 2.24) is 9.78 Å². The molecule has 3 rings (SSSR count). The lowest BCUT2D eigenvalue weighted by Gasteiger charge is -2.05. The van der Waals surface area contributed by atoms with E-state index in [-0.39, 0.29) is 18.2 Å². The fourth-order valence-corrected chi connectivity index (χ4v) is 2.58. The van der Waals surface area contributed by atoms with Crippen molar-refractivity contribution in [2.45, 2.75) is 19.9 Å². The van der Waals surface area contributed by atoms with Gasteiger partial charge in [-0.05, 0) is 18.6 Å². The molecule has 0 fully saturated rings. The number of rotatable bonds is 4. The second-order valence-electron chi connectivity index (χ2n) is 5.73. The van der Waals surface area contributed by atoms with Crippen LogP contribution in [-0.4, -0.2) is 9.78 Å². The molecule has 1 heterocycles. The van der Waals surface area contributed by atoms with E-state index in [0.29, 0.717) is 23.2 Å². The van der Waals surface area contributed by atoms with Crippen LogP contribution in [0.3, 0.4) is 0 Å². The number of benzene rings is 2. The van der Waals surface area contributed by atoms with Crippen molar-refractivity contribution in [3.05, 3.63) is 82.3 Å². The van der Waals surface area contributed by atoms with E-state index < -0.39 is 0 Å². The van der Waals surface area contributed by atoms with Gasteiger partial charge in [0.05, 0.1) is 12.2 Å². The van der Waals surface area contributed by atoms with Crippen LogP contribution < -0.4 is 5.73 Å². The highest BCUT2D eigenvalue weighted by Gasteiger charge is 2.16. The minimum atomic E-state index is -0.314. The van der Waals surface area contributed by atoms with E-state index in [4.69, 9.17) is 5.73 Å². The smallest absolute Gasteiger partial charge is 0.140 e. The number of nitrogen functional groups attached to an aromatic ring is 1. The zero-order valence-electron chi connectivity index (χ0n) is 13.3. The molecule has 2 aromatic carbocycles. The first-order chi connectivity index (χ1) is 11.6. The molecule has 1 aromatic heterocycles. The summed E-state index contributed by atoms with van der Waals surface area (Å²) in [5, 5.41) is 13.8. The second-order valence-corrected chi connectivity index (χ2v) is 5.73. The largest absolute Gasteiger partial charge is 0.383 e. The van der Waals surface area contributed by atoms with Crippen LogP contribution in [0.4, 0.5) is 10.2 Å². The topological polar surface area (TPSA) is 67.6 Å². The van der Waals surface area contributed by atoms with E-state index in [2.05, 4.69) is 11.2 Å². The van der Waals surface area contributed by atoms with Crippen molar-refractivity contribution >= 4 is 5.82 Å². The van der Waals surface area contributed by atoms with Crippen molar-refractivity contribution in [2.75, 3.05) is 5.73 Å². The molecule has 5 heteroatoms. The maximum atomic E-state index is 13.8. The van der Waals surface area contributed by atoms with Gasteiger partial charge in [0.2, 0.25) is 0 Å². The molecule has 0 spiro atoms. The summed E-state index contributed by atoms with van der Waals surface area (Å²) in [4.78, 5) is 0. The van der Waals surface area contributed by atoms with Gasteiger partial charge in [-0.3, -0.25) is 0 Å². The van der Waals surface area contributed by atoms with Crippen LogP contribution in [0.15, 0.2) is 48.5 Å². The standard InChI is InChI=1S/C19H17FN4/c1-13-6-8-14(9-7-13)10-18-16(11-21)19(22)24(23-18)12-15-4-2-3-5-17(15)20/h2-9H,10,12,22H2,1H3. The highest BCUT2D eigenvalue weighted by molar-refractivity contribution is 5.53. The average Bonchev–Trinajstić information content (AvgIpc) is 2.87. The average molecular weight is 320 g/mol. The Morgan fingerprint density at radius 2 is 1.88 bits per heavy atom. The van der Waals surface area contributed by atoms with Gasteiger partial charge in [0, 0.05) is 12.0 Å². The lowest BCUT2D eigenvalue weighted by atomic mass is 10.1. The number of aromatic nitrogens is 2. The van der Waals surface area contributed by atoms with Crippen molar-refractivity contribution in [2.24, 2.45) is 0 Å². The summed E-state index contributed by atoms with van der Waals surface area (Å²) in [6.45, 7) is 2.21. The van der Waals surface area contributed by atoms with Crippen molar-refractivity contribution in [1.29, 1.82) is 5.26 Å². The van der Waals surface area contributed by atoms with E-state index in [1.54, 1.807) is 18.2 Å². The Kier molecular flexibility index (Phi) is 4.30. The highest BCUT2D eigenvalue weighted by Crippen LogP contribution is 2.21. The summed E-state index contributed by atoms with van der Waals surface area (Å²) >= 11 is 0. The number of nitriles is 1. The summed E-state index contributed by atoms with van der Waals surface area (Å²) in [7, 11) is 0. The van der Waals surface area contributed by atoms with Crippen molar-refractivity contribution < 1.29 is 4.39 Å². The SMILES string of the molecule is Cc1ccc(Cc2nn(Cc3ccccc3F)c(N)c2C#N)cc1. The quantitative estimate of drug-likeness (QED) is 0.801. The van der Waals surface area contributed by atoms with Gasteiger partial charge in [-0.2, -0.15) is 10.4 Å². The van der Waals surface area contributed by atoms with Gasteiger partial charge in [-0.1, -0.05) is 48.0 Å².